The van der Waals surface area contributed by atoms with Crippen molar-refractivity contribution < 1.29 is 183 Å². The Kier molecular flexibility index (Phi) is 26.3. The monoisotopic (exact) mass is 1520 g/mol. The zero-order valence-corrected chi connectivity index (χ0v) is 59.1. The normalized spacial score (nSPS) is 54.8. The van der Waals surface area contributed by atoms with Crippen molar-refractivity contribution in [2.45, 2.75) is 319 Å². The van der Waals surface area contributed by atoms with E-state index in [9.17, 15) is 112 Å². The third-order valence-corrected chi connectivity index (χ3v) is 25.4. The molecule has 8 aliphatic heterocycles. The molecule has 37 nitrogen and oxygen atoms in total. The van der Waals surface area contributed by atoms with E-state index >= 15 is 0 Å². The van der Waals surface area contributed by atoms with Gasteiger partial charge in [0.25, 0.3) is 0 Å². The number of allylic oxidation sites excluding steroid dienone is 1. The Morgan fingerprint density at radius 3 is 1.61 bits per heavy atom. The van der Waals surface area contributed by atoms with Crippen LogP contribution in [0.2, 0.25) is 0 Å². The zero-order chi connectivity index (χ0) is 76.0. The number of aliphatic hydroxyl groups excluding tert-OH is 21. The van der Waals surface area contributed by atoms with E-state index in [1.165, 1.54) is 6.92 Å². The number of ether oxygens (including phenoxy) is 15. The van der Waals surface area contributed by atoms with Crippen LogP contribution in [0.25, 0.3) is 0 Å². The fourth-order valence-corrected chi connectivity index (χ4v) is 19.1. The van der Waals surface area contributed by atoms with Gasteiger partial charge in [-0.05, 0) is 98.7 Å². The summed E-state index contributed by atoms with van der Waals surface area (Å²) >= 11 is 0. The highest BCUT2D eigenvalue weighted by molar-refractivity contribution is 5.27. The first-order chi connectivity index (χ1) is 49.8. The van der Waals surface area contributed by atoms with Crippen molar-refractivity contribution >= 4 is 0 Å². The van der Waals surface area contributed by atoms with Crippen LogP contribution >= 0.6 is 0 Å². The molecule has 0 spiro atoms. The van der Waals surface area contributed by atoms with Gasteiger partial charge in [0.1, 0.15) is 159 Å². The van der Waals surface area contributed by atoms with Gasteiger partial charge in [0.05, 0.1) is 64.6 Å². The van der Waals surface area contributed by atoms with Crippen LogP contribution in [0.4, 0.5) is 0 Å². The molecule has 0 aromatic carbocycles. The second-order valence-electron chi connectivity index (χ2n) is 31.8. The minimum absolute atomic E-state index is 0.0577. The fourth-order valence-electron chi connectivity index (χ4n) is 19.1. The molecule has 11 fully saturated rings. The predicted molar refractivity (Wildman–Crippen MR) is 342 cm³/mol. The summed E-state index contributed by atoms with van der Waals surface area (Å²) in [6.45, 7) is 4.92. The van der Waals surface area contributed by atoms with Gasteiger partial charge in [-0.15, -0.1) is 0 Å². The molecule has 606 valence electrons. The van der Waals surface area contributed by atoms with E-state index in [2.05, 4.69) is 26.8 Å². The molecule has 37 heteroatoms. The topological polar surface area (TPSA) is 584 Å². The Morgan fingerprint density at radius 2 is 0.971 bits per heavy atom. The summed E-state index contributed by atoms with van der Waals surface area (Å²) in [5.41, 5.74) is 0.665. The first-order valence-corrected chi connectivity index (χ1v) is 36.9. The molecule has 12 aliphatic rings. The van der Waals surface area contributed by atoms with E-state index in [4.69, 9.17) is 71.1 Å². The van der Waals surface area contributed by atoms with E-state index in [1.807, 2.05) is 6.92 Å². The molecular weight excluding hydrogens is 1410 g/mol. The zero-order valence-electron chi connectivity index (χ0n) is 59.1. The van der Waals surface area contributed by atoms with Crippen molar-refractivity contribution in [2.24, 2.45) is 46.3 Å². The summed E-state index contributed by atoms with van der Waals surface area (Å²) in [5.74, 6) is -0.942. The number of fused-ring (bicyclic) bond motifs is 7. The molecule has 0 aromatic rings. The van der Waals surface area contributed by atoms with Crippen LogP contribution in [-0.4, -0.2) is 385 Å². The van der Waals surface area contributed by atoms with Crippen LogP contribution < -0.4 is 0 Å². The third kappa shape index (κ3) is 15.7. The molecule has 105 heavy (non-hydrogen) atoms. The number of hydrogen-bond acceptors (Lipinski definition) is 37. The molecule has 3 saturated carbocycles. The summed E-state index contributed by atoms with van der Waals surface area (Å²) in [7, 11) is 0. The first kappa shape index (κ1) is 82.7. The molecule has 22 N–H and O–H groups in total. The van der Waals surface area contributed by atoms with Crippen LogP contribution in [0.15, 0.2) is 11.6 Å². The highest BCUT2D eigenvalue weighted by Crippen LogP contribution is 2.70. The Balaban J connectivity index is 0.757. The van der Waals surface area contributed by atoms with Crippen molar-refractivity contribution in [3.63, 3.8) is 0 Å². The van der Waals surface area contributed by atoms with Crippen LogP contribution in [0, 0.1) is 46.3 Å². The maximum absolute atomic E-state index is 12.9. The maximum atomic E-state index is 12.9. The standard InChI is InChI=1S/C68H112O37/c1-23(21-91-59-49(85)45(81)41(77)33(16-69)95-59)8-13-68(90)24(2)38-32(105-68)15-30-28-7-6-26-14-27(9-11-66(26,4)29(28)10-12-67(30,38)5)94-64-57(103-61-50(86)44(80)39(75)25(3)93-61)53(89)55(37(20-73)99-64)101-65-58(56(43(79)35(18-71)97-65)102-60-48(84)40(76)31(74)22-92-60)104-63-52(88)47(83)54(36(19-72)98-63)100-62-51(87)46(82)42(78)34(17-70)96-62/h6,23-25,27-65,69-90H,7-22H2,1-5H3/t23?,24-,25+,27-,28+,29-,30-,31-,32-,33+,34+,35+,36+,37+,38-,39+,40+,41+,42+,43+,44-,45-,46-,47+,48-,49+,50-,51+,52+,53-,54+,55+,56-,57+,58+,59+,60-,61-,62-,63-,64+,65-,66-,67-,68?/m0/s1. The quantitative estimate of drug-likeness (QED) is 0.0423. The van der Waals surface area contributed by atoms with Crippen molar-refractivity contribution in [1.82, 2.24) is 0 Å². The highest BCUT2D eigenvalue weighted by Gasteiger charge is 2.69. The molecule has 0 bridgehead atoms. The van der Waals surface area contributed by atoms with Gasteiger partial charge < -0.3 is 183 Å². The molecule has 12 rings (SSSR count). The Bertz CT molecular complexity index is 2840. The van der Waals surface area contributed by atoms with Gasteiger partial charge in [0.15, 0.2) is 49.8 Å². The van der Waals surface area contributed by atoms with E-state index < -0.39 is 260 Å². The summed E-state index contributed by atoms with van der Waals surface area (Å²) in [5, 5.41) is 241. The molecule has 8 saturated heterocycles. The SMILES string of the molecule is CC(CCC1(O)O[C@H]2C[C@H]3[C@@H]4CC=C5C[C@@H](O[C@@H]6O[C@H](CO)[C@@H](O[C@@H]7O[C@H](CO)[C@@H](O)[C@H](O[C@@H]8OC[C@H](O)[C@@H](O)[C@@H]8O)[C@H]7O[C@@H]7O[C@H](CO)[C@@H](O[C@@H]8O[C@H](CO)[C@@H](O)[C@H](O)[C@H]8O)[C@H](O)[C@H]7O)[C@H](O)[C@H]6O[C@@H]6O[C@H](C)[C@@H](O)[C@H](O)[C@@H]6O)CC[C@]5(C)[C@H]4CC[C@]3(C)[C@H]2[C@@H]1C)CO[C@@H]1O[C@H](CO)[C@@H](O)[C@H](O)[C@H]1O. The van der Waals surface area contributed by atoms with Gasteiger partial charge in [0, 0.05) is 12.3 Å². The summed E-state index contributed by atoms with van der Waals surface area (Å²) in [4.78, 5) is 0. The summed E-state index contributed by atoms with van der Waals surface area (Å²) in [6.07, 6.45) is -54.7. The molecule has 0 aromatic heterocycles. The Labute approximate surface area is 605 Å². The van der Waals surface area contributed by atoms with Crippen LogP contribution in [0.3, 0.4) is 0 Å². The lowest BCUT2D eigenvalue weighted by Gasteiger charge is -2.58. The minimum Gasteiger partial charge on any atom is -0.394 e. The molecule has 0 radical (unpaired) electrons. The average Bonchev–Trinajstić information content (AvgIpc) is 0.783. The van der Waals surface area contributed by atoms with Crippen LogP contribution in [-0.2, 0) is 71.1 Å². The Morgan fingerprint density at radius 1 is 0.476 bits per heavy atom. The molecule has 45 atom stereocenters. The summed E-state index contributed by atoms with van der Waals surface area (Å²) in [6, 6.07) is 0. The average molecular weight is 1520 g/mol. The second kappa shape index (κ2) is 33.4. The van der Waals surface area contributed by atoms with Crippen molar-refractivity contribution in [2.75, 3.05) is 46.2 Å². The van der Waals surface area contributed by atoms with Gasteiger partial charge in [-0.25, -0.2) is 0 Å². The number of aliphatic hydroxyl groups is 22. The molecule has 4 aliphatic carbocycles. The molecule has 8 heterocycles. The van der Waals surface area contributed by atoms with Crippen LogP contribution in [0.5, 0.6) is 0 Å². The van der Waals surface area contributed by atoms with Crippen molar-refractivity contribution in [3.8, 4) is 0 Å². The van der Waals surface area contributed by atoms with E-state index in [-0.39, 0.29) is 59.0 Å². The summed E-state index contributed by atoms with van der Waals surface area (Å²) < 4.78 is 91.3. The van der Waals surface area contributed by atoms with E-state index in [0.717, 1.165) is 31.3 Å². The second-order valence-corrected chi connectivity index (χ2v) is 31.8. The highest BCUT2D eigenvalue weighted by atomic mass is 16.8. The van der Waals surface area contributed by atoms with Crippen molar-refractivity contribution in [3.05, 3.63) is 11.6 Å². The molecule has 0 amide bonds. The lowest BCUT2D eigenvalue weighted by Crippen LogP contribution is -2.69. The largest absolute Gasteiger partial charge is 0.394 e. The van der Waals surface area contributed by atoms with Gasteiger partial charge in [-0.1, -0.05) is 39.3 Å². The smallest absolute Gasteiger partial charge is 0.187 e. The fraction of sp³-hybridized carbons (Fsp3) is 0.971. The third-order valence-electron chi connectivity index (χ3n) is 25.4. The molecule has 2 unspecified atom stereocenters. The van der Waals surface area contributed by atoms with Gasteiger partial charge >= 0.3 is 0 Å². The lowest BCUT2D eigenvalue weighted by atomic mass is 9.47. The molecular formula is C68H112O37. The van der Waals surface area contributed by atoms with Gasteiger partial charge in [-0.2, -0.15) is 0 Å². The predicted octanol–water partition coefficient (Wildman–Crippen LogP) is -8.90. The van der Waals surface area contributed by atoms with Crippen LogP contribution in [0.1, 0.15) is 92.4 Å². The first-order valence-electron chi connectivity index (χ1n) is 36.9. The van der Waals surface area contributed by atoms with E-state index in [0.29, 0.717) is 32.1 Å². The lowest BCUT2D eigenvalue weighted by molar-refractivity contribution is -0.414. The van der Waals surface area contributed by atoms with E-state index in [1.54, 1.807) is 0 Å². The van der Waals surface area contributed by atoms with Crippen molar-refractivity contribution in [1.29, 1.82) is 0 Å². The van der Waals surface area contributed by atoms with Gasteiger partial charge in [-0.3, -0.25) is 0 Å². The number of rotatable bonds is 23. The van der Waals surface area contributed by atoms with Gasteiger partial charge in [0.2, 0.25) is 0 Å². The Hall–Kier alpha value is -1.74. The minimum atomic E-state index is -2.28. The number of hydrogen-bond donors (Lipinski definition) is 22. The maximum Gasteiger partial charge on any atom is 0.187 e.